The summed E-state index contributed by atoms with van der Waals surface area (Å²) in [5, 5.41) is 6.06. The first-order valence-electron chi connectivity index (χ1n) is 20.3. The van der Waals surface area contributed by atoms with Crippen molar-refractivity contribution >= 4 is 48.2 Å². The standard InChI is InChI=1S/C54H47NSi2/c1-35-30-46(41-27-29-44-43-28-26-40(37-18-10-7-11-19-37)32-49(43)57(5,6)50(44)33-41)36(2)54(39-22-14-9-15-23-39)55-53(35)42-31-47(38-20-12-8-13-21-38)52-45-24-16-17-25-48(45)56(3,4)51(52)34-42/h7-29,31-34,53H,1,30H2,2-6H3. The average Bonchev–Trinajstić information content (AvgIpc) is 3.55. The largest absolute Gasteiger partial charge is 0.272 e. The van der Waals surface area contributed by atoms with E-state index in [2.05, 4.69) is 197 Å². The fourth-order valence-electron chi connectivity index (χ4n) is 10.0. The van der Waals surface area contributed by atoms with Crippen LogP contribution < -0.4 is 20.7 Å². The number of fused-ring (bicyclic) bond motifs is 6. The van der Waals surface area contributed by atoms with Crippen LogP contribution in [-0.2, 0) is 0 Å². The number of nitrogens with zero attached hydrogens (tertiary/aromatic N) is 1. The van der Waals surface area contributed by atoms with Crippen LogP contribution in [0.15, 0.2) is 187 Å². The predicted octanol–water partition coefficient (Wildman–Crippen LogP) is 11.6. The highest BCUT2D eigenvalue weighted by molar-refractivity contribution is 7.04. The van der Waals surface area contributed by atoms with E-state index in [-0.39, 0.29) is 6.04 Å². The van der Waals surface area contributed by atoms with E-state index in [4.69, 9.17) is 11.6 Å². The first kappa shape index (κ1) is 35.5. The summed E-state index contributed by atoms with van der Waals surface area (Å²) in [5.41, 5.74) is 19.1. The Balaban J connectivity index is 1.10. The van der Waals surface area contributed by atoms with Gasteiger partial charge in [0.2, 0.25) is 0 Å². The molecule has 0 saturated heterocycles. The minimum Gasteiger partial charge on any atom is -0.272 e. The highest BCUT2D eigenvalue weighted by Gasteiger charge is 2.41. The van der Waals surface area contributed by atoms with Gasteiger partial charge in [0.15, 0.2) is 0 Å². The van der Waals surface area contributed by atoms with Gasteiger partial charge in [-0.05, 0) is 118 Å². The number of benzene rings is 7. The van der Waals surface area contributed by atoms with Crippen molar-refractivity contribution in [3.63, 3.8) is 0 Å². The molecule has 0 spiro atoms. The van der Waals surface area contributed by atoms with Gasteiger partial charge in [-0.15, -0.1) is 0 Å². The highest BCUT2D eigenvalue weighted by Crippen LogP contribution is 2.44. The van der Waals surface area contributed by atoms with Crippen LogP contribution in [0.2, 0.25) is 26.2 Å². The van der Waals surface area contributed by atoms with Crippen molar-refractivity contribution in [2.45, 2.75) is 45.6 Å². The lowest BCUT2D eigenvalue weighted by atomic mass is 9.87. The lowest BCUT2D eigenvalue weighted by Gasteiger charge is -2.24. The van der Waals surface area contributed by atoms with Crippen molar-refractivity contribution in [2.75, 3.05) is 0 Å². The Morgan fingerprint density at radius 2 is 1.02 bits per heavy atom. The molecule has 0 radical (unpaired) electrons. The van der Waals surface area contributed by atoms with E-state index in [9.17, 15) is 0 Å². The molecular formula is C54H47NSi2. The molecule has 7 aromatic carbocycles. The number of hydrogen-bond donors (Lipinski definition) is 0. The van der Waals surface area contributed by atoms with Gasteiger partial charge >= 0.3 is 0 Å². The minimum absolute atomic E-state index is 0.185. The van der Waals surface area contributed by atoms with Gasteiger partial charge < -0.3 is 0 Å². The predicted molar refractivity (Wildman–Crippen MR) is 250 cm³/mol. The summed E-state index contributed by atoms with van der Waals surface area (Å²) in [6, 6.07) is 60.9. The SMILES string of the molecule is C=C1CC(c2ccc3c(c2)[Si](C)(C)c2cc(-c4ccccc4)ccc2-3)=C(C)C(c2ccccc2)=NC1c1cc(-c2ccccc2)c2c(c1)[Si](C)(C)c1ccccc1-2. The minimum atomic E-state index is -2.00. The van der Waals surface area contributed by atoms with Crippen molar-refractivity contribution in [1.82, 2.24) is 0 Å². The lowest BCUT2D eigenvalue weighted by molar-refractivity contribution is 0.838. The van der Waals surface area contributed by atoms with Crippen LogP contribution in [0.3, 0.4) is 0 Å². The molecule has 0 saturated carbocycles. The Morgan fingerprint density at radius 1 is 0.474 bits per heavy atom. The summed E-state index contributed by atoms with van der Waals surface area (Å²) in [6.07, 6.45) is 0.765. The molecule has 1 nitrogen and oxygen atoms in total. The van der Waals surface area contributed by atoms with Gasteiger partial charge in [-0.3, -0.25) is 4.99 Å². The van der Waals surface area contributed by atoms with Gasteiger partial charge in [-0.25, -0.2) is 0 Å². The molecule has 0 amide bonds. The first-order valence-corrected chi connectivity index (χ1v) is 26.3. The van der Waals surface area contributed by atoms with Crippen LogP contribution in [0.1, 0.15) is 36.1 Å². The normalized spacial score (nSPS) is 17.3. The summed E-state index contributed by atoms with van der Waals surface area (Å²) in [4.78, 5) is 5.77. The fraction of sp³-hybridized carbons (Fsp3) is 0.130. The van der Waals surface area contributed by atoms with Crippen LogP contribution in [0.4, 0.5) is 0 Å². The van der Waals surface area contributed by atoms with Gasteiger partial charge in [0.05, 0.1) is 11.8 Å². The van der Waals surface area contributed by atoms with E-state index in [1.54, 1.807) is 0 Å². The van der Waals surface area contributed by atoms with E-state index in [0.29, 0.717) is 0 Å². The number of hydrogen-bond acceptors (Lipinski definition) is 1. The summed E-state index contributed by atoms with van der Waals surface area (Å²) in [7, 11) is -3.99. The van der Waals surface area contributed by atoms with Crippen LogP contribution in [0.5, 0.6) is 0 Å². The molecule has 0 N–H and O–H groups in total. The molecule has 0 fully saturated rings. The smallest absolute Gasteiger partial charge is 0.113 e. The second-order valence-corrected chi connectivity index (χ2v) is 25.9. The van der Waals surface area contributed by atoms with Crippen LogP contribution in [0, 0.1) is 0 Å². The molecule has 57 heavy (non-hydrogen) atoms. The Labute approximate surface area is 339 Å². The number of aliphatic imine (C=N–C) groups is 1. The monoisotopic (exact) mass is 765 g/mol. The third kappa shape index (κ3) is 5.67. The fourth-order valence-corrected chi connectivity index (χ4v) is 16.2. The Kier molecular flexibility index (Phi) is 8.33. The van der Waals surface area contributed by atoms with Gasteiger partial charge in [0, 0.05) is 0 Å². The van der Waals surface area contributed by atoms with Crippen molar-refractivity contribution in [2.24, 2.45) is 4.99 Å². The van der Waals surface area contributed by atoms with E-state index in [1.165, 1.54) is 87.5 Å². The van der Waals surface area contributed by atoms with E-state index in [0.717, 1.165) is 23.3 Å². The molecule has 0 aliphatic carbocycles. The Bertz CT molecular complexity index is 2830. The zero-order valence-corrected chi connectivity index (χ0v) is 35.5. The van der Waals surface area contributed by atoms with Gasteiger partial charge in [0.1, 0.15) is 16.1 Å². The molecule has 7 aromatic rings. The van der Waals surface area contributed by atoms with Crippen LogP contribution in [-0.4, -0.2) is 21.9 Å². The second-order valence-electron chi connectivity index (χ2n) is 17.2. The first-order chi connectivity index (χ1) is 27.6. The van der Waals surface area contributed by atoms with E-state index < -0.39 is 16.1 Å². The number of allylic oxidation sites excluding steroid dienone is 2. The molecule has 3 aliphatic heterocycles. The van der Waals surface area contributed by atoms with Crippen molar-refractivity contribution in [1.29, 1.82) is 0 Å². The topological polar surface area (TPSA) is 12.4 Å². The van der Waals surface area contributed by atoms with Gasteiger partial charge in [-0.2, -0.15) is 0 Å². The van der Waals surface area contributed by atoms with Crippen molar-refractivity contribution < 1.29 is 0 Å². The zero-order valence-electron chi connectivity index (χ0n) is 33.5. The van der Waals surface area contributed by atoms with E-state index >= 15 is 0 Å². The quantitative estimate of drug-likeness (QED) is 0.122. The Hall–Kier alpha value is -5.88. The molecule has 3 heteroatoms. The Morgan fingerprint density at radius 3 is 1.68 bits per heavy atom. The van der Waals surface area contributed by atoms with Crippen molar-refractivity contribution in [3.8, 4) is 44.5 Å². The maximum atomic E-state index is 5.77. The van der Waals surface area contributed by atoms with E-state index in [1.807, 2.05) is 0 Å². The molecule has 276 valence electrons. The second kappa shape index (κ2) is 13.4. The summed E-state index contributed by atoms with van der Waals surface area (Å²) in [5.74, 6) is 0. The van der Waals surface area contributed by atoms with Gasteiger partial charge in [-0.1, -0.05) is 190 Å². The molecule has 0 bridgehead atoms. The molecule has 3 heterocycles. The summed E-state index contributed by atoms with van der Waals surface area (Å²) >= 11 is 0. The average molecular weight is 766 g/mol. The molecule has 0 aromatic heterocycles. The molecule has 10 rings (SSSR count). The third-order valence-electron chi connectivity index (χ3n) is 13.1. The van der Waals surface area contributed by atoms with Crippen LogP contribution >= 0.6 is 0 Å². The summed E-state index contributed by atoms with van der Waals surface area (Å²) < 4.78 is 0. The maximum Gasteiger partial charge on any atom is 0.113 e. The third-order valence-corrected chi connectivity index (χ3v) is 20.2. The zero-order chi connectivity index (χ0) is 39.1. The maximum absolute atomic E-state index is 5.77. The number of rotatable bonds is 5. The van der Waals surface area contributed by atoms with Crippen molar-refractivity contribution in [3.05, 3.63) is 198 Å². The lowest BCUT2D eigenvalue weighted by Crippen LogP contribution is -2.49. The summed E-state index contributed by atoms with van der Waals surface area (Å²) in [6.45, 7) is 17.3. The molecule has 1 unspecified atom stereocenters. The molecule has 3 aliphatic rings. The van der Waals surface area contributed by atoms with Gasteiger partial charge in [0.25, 0.3) is 0 Å². The van der Waals surface area contributed by atoms with Crippen LogP contribution in [0.25, 0.3) is 50.1 Å². The molecular weight excluding hydrogens is 719 g/mol. The highest BCUT2D eigenvalue weighted by atomic mass is 28.3. The molecule has 1 atom stereocenters.